The van der Waals surface area contributed by atoms with Crippen molar-refractivity contribution in [3.05, 3.63) is 23.6 Å². The first-order valence-corrected chi connectivity index (χ1v) is 7.35. The molecular weight excluding hydrogens is 257 g/mol. The molecule has 0 aromatic carbocycles. The highest BCUT2D eigenvalue weighted by Crippen LogP contribution is 2.46. The van der Waals surface area contributed by atoms with Gasteiger partial charge in [-0.05, 0) is 31.2 Å². The number of hydrogen-bond donors (Lipinski definition) is 2. The van der Waals surface area contributed by atoms with Crippen molar-refractivity contribution in [3.8, 4) is 5.88 Å². The Morgan fingerprint density at radius 3 is 2.75 bits per heavy atom. The molecule has 0 aliphatic heterocycles. The molecule has 0 bridgehead atoms. The van der Waals surface area contributed by atoms with Crippen LogP contribution in [0.2, 0.25) is 0 Å². The Balaban J connectivity index is 2.33. The third-order valence-electron chi connectivity index (χ3n) is 4.34. The Morgan fingerprint density at radius 1 is 1.45 bits per heavy atom. The molecule has 1 heterocycles. The van der Waals surface area contributed by atoms with Crippen molar-refractivity contribution in [2.75, 3.05) is 6.61 Å². The summed E-state index contributed by atoms with van der Waals surface area (Å²) in [6.07, 6.45) is 7.26. The van der Waals surface area contributed by atoms with Gasteiger partial charge in [0.25, 0.3) is 5.88 Å². The number of pyridine rings is 1. The molecule has 1 aromatic heterocycles. The van der Waals surface area contributed by atoms with E-state index in [0.29, 0.717) is 12.2 Å². The van der Waals surface area contributed by atoms with Crippen molar-refractivity contribution in [3.63, 3.8) is 0 Å². The minimum atomic E-state index is -0.399. The first-order chi connectivity index (χ1) is 9.62. The number of hydrazine groups is 1. The van der Waals surface area contributed by atoms with E-state index in [9.17, 15) is 4.39 Å². The lowest BCUT2D eigenvalue weighted by Gasteiger charge is -2.40. The zero-order chi connectivity index (χ0) is 14.6. The Labute approximate surface area is 119 Å². The van der Waals surface area contributed by atoms with E-state index in [-0.39, 0.29) is 17.3 Å². The highest BCUT2D eigenvalue weighted by Gasteiger charge is 2.37. The molecule has 3 N–H and O–H groups in total. The summed E-state index contributed by atoms with van der Waals surface area (Å²) in [4.78, 5) is 3.95. The van der Waals surface area contributed by atoms with Crippen LogP contribution in [-0.4, -0.2) is 11.6 Å². The molecule has 20 heavy (non-hydrogen) atoms. The number of ether oxygens (including phenoxy) is 1. The van der Waals surface area contributed by atoms with Crippen LogP contribution in [0.25, 0.3) is 0 Å². The van der Waals surface area contributed by atoms with Crippen LogP contribution in [0, 0.1) is 11.2 Å². The molecular formula is C15H24FN3O. The average molecular weight is 281 g/mol. The highest BCUT2D eigenvalue weighted by molar-refractivity contribution is 5.28. The second-order valence-corrected chi connectivity index (χ2v) is 5.77. The molecule has 0 amide bonds. The predicted molar refractivity (Wildman–Crippen MR) is 76.6 cm³/mol. The van der Waals surface area contributed by atoms with Crippen LogP contribution in [0.3, 0.4) is 0 Å². The van der Waals surface area contributed by atoms with E-state index in [0.717, 1.165) is 12.8 Å². The fourth-order valence-electron chi connectivity index (χ4n) is 3.21. The standard InChI is InChI=1S/C15H24FN3O/c1-3-20-14-12(16)11(7-10-18-14)13(19-17)15(2)8-5-4-6-9-15/h7,10,13,19H,3-6,8-9,17H2,1-2H3. The van der Waals surface area contributed by atoms with Gasteiger partial charge < -0.3 is 4.74 Å². The zero-order valence-electron chi connectivity index (χ0n) is 12.3. The molecule has 1 aromatic rings. The topological polar surface area (TPSA) is 60.2 Å². The Kier molecular flexibility index (Phi) is 4.94. The van der Waals surface area contributed by atoms with Crippen molar-refractivity contribution in [2.24, 2.45) is 11.3 Å². The van der Waals surface area contributed by atoms with Gasteiger partial charge in [-0.15, -0.1) is 0 Å². The largest absolute Gasteiger partial charge is 0.476 e. The van der Waals surface area contributed by atoms with E-state index in [2.05, 4.69) is 17.3 Å². The first-order valence-electron chi connectivity index (χ1n) is 7.35. The summed E-state index contributed by atoms with van der Waals surface area (Å²) in [7, 11) is 0. The van der Waals surface area contributed by atoms with Crippen LogP contribution >= 0.6 is 0 Å². The molecule has 0 saturated heterocycles. The van der Waals surface area contributed by atoms with Gasteiger partial charge in [-0.2, -0.15) is 0 Å². The predicted octanol–water partition coefficient (Wildman–Crippen LogP) is 3.09. The molecule has 1 aliphatic rings. The summed E-state index contributed by atoms with van der Waals surface area (Å²) in [6.45, 7) is 4.39. The van der Waals surface area contributed by atoms with E-state index < -0.39 is 5.82 Å². The molecule has 1 unspecified atom stereocenters. The van der Waals surface area contributed by atoms with Crippen LogP contribution in [0.4, 0.5) is 4.39 Å². The molecule has 0 radical (unpaired) electrons. The van der Waals surface area contributed by atoms with Crippen molar-refractivity contribution >= 4 is 0 Å². The van der Waals surface area contributed by atoms with Crippen LogP contribution in [-0.2, 0) is 0 Å². The number of rotatable bonds is 5. The fraction of sp³-hybridized carbons (Fsp3) is 0.667. The lowest BCUT2D eigenvalue weighted by Crippen LogP contribution is -2.41. The minimum Gasteiger partial charge on any atom is -0.476 e. The average Bonchev–Trinajstić information content (AvgIpc) is 2.44. The molecule has 0 spiro atoms. The smallest absolute Gasteiger partial charge is 0.250 e. The van der Waals surface area contributed by atoms with Gasteiger partial charge in [-0.25, -0.2) is 9.37 Å². The number of nitrogens with two attached hydrogens (primary N) is 1. The summed E-state index contributed by atoms with van der Waals surface area (Å²) in [5, 5.41) is 0. The van der Waals surface area contributed by atoms with E-state index >= 15 is 0 Å². The van der Waals surface area contributed by atoms with Crippen LogP contribution in [0.1, 0.15) is 57.6 Å². The van der Waals surface area contributed by atoms with Gasteiger partial charge in [-0.3, -0.25) is 11.3 Å². The molecule has 1 saturated carbocycles. The van der Waals surface area contributed by atoms with Gasteiger partial charge in [-0.1, -0.05) is 26.2 Å². The Bertz CT molecular complexity index is 447. The second kappa shape index (κ2) is 6.50. The minimum absolute atomic E-state index is 0.0291. The maximum Gasteiger partial charge on any atom is 0.250 e. The lowest BCUT2D eigenvalue weighted by molar-refractivity contribution is 0.141. The van der Waals surface area contributed by atoms with Crippen molar-refractivity contribution < 1.29 is 9.13 Å². The van der Waals surface area contributed by atoms with E-state index in [4.69, 9.17) is 10.6 Å². The Morgan fingerprint density at radius 2 is 2.15 bits per heavy atom. The third kappa shape index (κ3) is 2.94. The third-order valence-corrected chi connectivity index (χ3v) is 4.34. The molecule has 112 valence electrons. The Hall–Kier alpha value is -1.20. The van der Waals surface area contributed by atoms with Crippen LogP contribution in [0.15, 0.2) is 12.3 Å². The number of aromatic nitrogens is 1. The van der Waals surface area contributed by atoms with Crippen molar-refractivity contribution in [1.82, 2.24) is 10.4 Å². The van der Waals surface area contributed by atoms with Gasteiger partial charge in [0.05, 0.1) is 12.6 Å². The van der Waals surface area contributed by atoms with E-state index in [1.54, 1.807) is 12.3 Å². The monoisotopic (exact) mass is 281 g/mol. The number of nitrogens with one attached hydrogen (secondary N) is 1. The maximum absolute atomic E-state index is 14.5. The van der Waals surface area contributed by atoms with Gasteiger partial charge in [0.2, 0.25) is 0 Å². The number of hydrogen-bond acceptors (Lipinski definition) is 4. The molecule has 1 atom stereocenters. The fourth-order valence-corrected chi connectivity index (χ4v) is 3.21. The molecule has 5 heteroatoms. The van der Waals surface area contributed by atoms with Crippen LogP contribution in [0.5, 0.6) is 5.88 Å². The van der Waals surface area contributed by atoms with Crippen molar-refractivity contribution in [2.45, 2.75) is 52.0 Å². The van der Waals surface area contributed by atoms with Gasteiger partial charge in [0, 0.05) is 11.8 Å². The van der Waals surface area contributed by atoms with Gasteiger partial charge in [0.1, 0.15) is 0 Å². The number of halogens is 1. The summed E-state index contributed by atoms with van der Waals surface area (Å²) < 4.78 is 19.8. The maximum atomic E-state index is 14.5. The zero-order valence-corrected chi connectivity index (χ0v) is 12.3. The van der Waals surface area contributed by atoms with E-state index in [1.165, 1.54) is 19.3 Å². The summed E-state index contributed by atoms with van der Waals surface area (Å²) in [5.74, 6) is 5.40. The van der Waals surface area contributed by atoms with Gasteiger partial charge in [0.15, 0.2) is 5.82 Å². The number of nitrogens with zero attached hydrogens (tertiary/aromatic N) is 1. The SMILES string of the molecule is CCOc1nccc(C(NN)C2(C)CCCCC2)c1F. The van der Waals surface area contributed by atoms with E-state index in [1.807, 2.05) is 6.92 Å². The molecule has 1 aliphatic carbocycles. The molecule has 4 nitrogen and oxygen atoms in total. The quantitative estimate of drug-likeness (QED) is 0.643. The van der Waals surface area contributed by atoms with Crippen molar-refractivity contribution in [1.29, 1.82) is 0 Å². The molecule has 1 fully saturated rings. The summed E-state index contributed by atoms with van der Waals surface area (Å²) in [6, 6.07) is 1.48. The summed E-state index contributed by atoms with van der Waals surface area (Å²) in [5.41, 5.74) is 3.34. The highest BCUT2D eigenvalue weighted by atomic mass is 19.1. The molecule has 2 rings (SSSR count). The van der Waals surface area contributed by atoms with Gasteiger partial charge >= 0.3 is 0 Å². The van der Waals surface area contributed by atoms with Crippen LogP contribution < -0.4 is 16.0 Å². The second-order valence-electron chi connectivity index (χ2n) is 5.77. The summed E-state index contributed by atoms with van der Waals surface area (Å²) >= 11 is 0. The normalized spacial score (nSPS) is 19.6. The lowest BCUT2D eigenvalue weighted by atomic mass is 9.69. The first kappa shape index (κ1) is 15.2.